The summed E-state index contributed by atoms with van der Waals surface area (Å²) in [6.45, 7) is 2.16. The minimum absolute atomic E-state index is 0.00129. The van der Waals surface area contributed by atoms with E-state index < -0.39 is 4.92 Å². The summed E-state index contributed by atoms with van der Waals surface area (Å²) >= 11 is 0. The van der Waals surface area contributed by atoms with Crippen molar-refractivity contribution in [2.75, 3.05) is 11.9 Å². The number of nitro groups is 1. The molecule has 0 unspecified atom stereocenters. The first kappa shape index (κ1) is 15.4. The normalized spacial score (nSPS) is 10.0. The zero-order valence-electron chi connectivity index (χ0n) is 12.1. The van der Waals surface area contributed by atoms with E-state index in [1.807, 2.05) is 18.2 Å². The predicted molar refractivity (Wildman–Crippen MR) is 82.8 cm³/mol. The first-order valence-electron chi connectivity index (χ1n) is 6.76. The van der Waals surface area contributed by atoms with Crippen LogP contribution in [0.1, 0.15) is 11.3 Å². The summed E-state index contributed by atoms with van der Waals surface area (Å²) in [4.78, 5) is 26.2. The van der Waals surface area contributed by atoms with Crippen molar-refractivity contribution in [1.82, 2.24) is 10.3 Å². The number of pyridine rings is 1. The van der Waals surface area contributed by atoms with Gasteiger partial charge in [0.05, 0.1) is 4.92 Å². The number of benzene rings is 1. The first-order valence-corrected chi connectivity index (χ1v) is 6.76. The first-order chi connectivity index (χ1) is 10.6. The molecule has 0 radical (unpaired) electrons. The van der Waals surface area contributed by atoms with Crippen molar-refractivity contribution in [3.63, 3.8) is 0 Å². The lowest BCUT2D eigenvalue weighted by molar-refractivity contribution is -0.384. The molecule has 2 amide bonds. The van der Waals surface area contributed by atoms with Gasteiger partial charge in [-0.25, -0.2) is 4.79 Å². The van der Waals surface area contributed by atoms with Crippen molar-refractivity contribution in [3.8, 4) is 0 Å². The molecule has 2 aromatic rings. The summed E-state index contributed by atoms with van der Waals surface area (Å²) in [6, 6.07) is 9.56. The SMILES string of the molecule is Cc1cc([N+](=O)[O-])ccc1NC(=O)NCCc1ccccn1. The molecule has 0 spiro atoms. The van der Waals surface area contributed by atoms with E-state index in [4.69, 9.17) is 0 Å². The van der Waals surface area contributed by atoms with Gasteiger partial charge in [0, 0.05) is 42.7 Å². The van der Waals surface area contributed by atoms with E-state index in [-0.39, 0.29) is 11.7 Å². The number of aromatic nitrogens is 1. The molecule has 0 saturated carbocycles. The van der Waals surface area contributed by atoms with Crippen molar-refractivity contribution in [2.45, 2.75) is 13.3 Å². The maximum atomic E-state index is 11.8. The smallest absolute Gasteiger partial charge is 0.319 e. The zero-order chi connectivity index (χ0) is 15.9. The van der Waals surface area contributed by atoms with Gasteiger partial charge in [-0.2, -0.15) is 0 Å². The molecule has 22 heavy (non-hydrogen) atoms. The van der Waals surface area contributed by atoms with Crippen LogP contribution in [0.25, 0.3) is 0 Å². The van der Waals surface area contributed by atoms with Gasteiger partial charge in [-0.15, -0.1) is 0 Å². The van der Waals surface area contributed by atoms with Crippen LogP contribution in [0.3, 0.4) is 0 Å². The van der Waals surface area contributed by atoms with E-state index in [2.05, 4.69) is 15.6 Å². The minimum atomic E-state index is -0.469. The molecule has 7 nitrogen and oxygen atoms in total. The molecule has 0 aliphatic heterocycles. The van der Waals surface area contributed by atoms with Crippen molar-refractivity contribution < 1.29 is 9.72 Å². The zero-order valence-corrected chi connectivity index (χ0v) is 12.1. The van der Waals surface area contributed by atoms with Gasteiger partial charge in [-0.05, 0) is 30.7 Å². The fourth-order valence-electron chi connectivity index (χ4n) is 1.92. The molecule has 1 heterocycles. The molecule has 0 saturated heterocycles. The molecule has 0 fully saturated rings. The Morgan fingerprint density at radius 2 is 2.14 bits per heavy atom. The third kappa shape index (κ3) is 4.27. The Bertz CT molecular complexity index is 674. The molecular formula is C15H16N4O3. The number of hydrogen-bond acceptors (Lipinski definition) is 4. The molecule has 2 N–H and O–H groups in total. The summed E-state index contributed by atoms with van der Waals surface area (Å²) < 4.78 is 0. The number of non-ortho nitro benzene ring substituents is 1. The lowest BCUT2D eigenvalue weighted by Crippen LogP contribution is -2.30. The fourth-order valence-corrected chi connectivity index (χ4v) is 1.92. The molecule has 1 aromatic carbocycles. The number of carbonyl (C=O) groups excluding carboxylic acids is 1. The Labute approximate surface area is 127 Å². The van der Waals surface area contributed by atoms with Crippen LogP contribution >= 0.6 is 0 Å². The highest BCUT2D eigenvalue weighted by molar-refractivity contribution is 5.90. The topological polar surface area (TPSA) is 97.2 Å². The number of nitrogens with one attached hydrogen (secondary N) is 2. The lowest BCUT2D eigenvalue weighted by Gasteiger charge is -2.09. The van der Waals surface area contributed by atoms with Gasteiger partial charge in [0.25, 0.3) is 5.69 Å². The van der Waals surface area contributed by atoms with Crippen LogP contribution in [-0.2, 0) is 6.42 Å². The second-order valence-electron chi connectivity index (χ2n) is 4.71. The average molecular weight is 300 g/mol. The van der Waals surface area contributed by atoms with Crippen LogP contribution in [0.2, 0.25) is 0 Å². The molecule has 0 atom stereocenters. The molecule has 0 aliphatic carbocycles. The van der Waals surface area contributed by atoms with Gasteiger partial charge in [-0.1, -0.05) is 6.07 Å². The summed E-state index contributed by atoms with van der Waals surface area (Å²) in [5, 5.41) is 16.1. The Kier molecular flexibility index (Phi) is 5.02. The van der Waals surface area contributed by atoms with Gasteiger partial charge >= 0.3 is 6.03 Å². The quantitative estimate of drug-likeness (QED) is 0.655. The Balaban J connectivity index is 1.85. The molecule has 1 aromatic heterocycles. The third-order valence-corrected chi connectivity index (χ3v) is 3.06. The molecule has 0 aliphatic rings. The maximum absolute atomic E-state index is 11.8. The summed E-state index contributed by atoms with van der Waals surface area (Å²) in [5.41, 5.74) is 2.07. The molecule has 0 bridgehead atoms. The minimum Gasteiger partial charge on any atom is -0.337 e. The number of hydrogen-bond donors (Lipinski definition) is 2. The molecular weight excluding hydrogens is 284 g/mol. The van der Waals surface area contributed by atoms with Gasteiger partial charge < -0.3 is 10.6 Å². The van der Waals surface area contributed by atoms with Gasteiger partial charge in [0.2, 0.25) is 0 Å². The van der Waals surface area contributed by atoms with Crippen molar-refractivity contribution in [1.29, 1.82) is 0 Å². The van der Waals surface area contributed by atoms with Gasteiger partial charge in [0.1, 0.15) is 0 Å². The van der Waals surface area contributed by atoms with Crippen LogP contribution in [0.4, 0.5) is 16.2 Å². The maximum Gasteiger partial charge on any atom is 0.319 e. The fraction of sp³-hybridized carbons (Fsp3) is 0.200. The van der Waals surface area contributed by atoms with Crippen LogP contribution < -0.4 is 10.6 Å². The number of nitro benzene ring substituents is 1. The number of rotatable bonds is 5. The van der Waals surface area contributed by atoms with Crippen molar-refractivity contribution in [2.24, 2.45) is 0 Å². The number of aryl methyl sites for hydroxylation is 1. The molecule has 7 heteroatoms. The Morgan fingerprint density at radius 3 is 2.77 bits per heavy atom. The summed E-state index contributed by atoms with van der Waals surface area (Å²) in [7, 11) is 0. The number of amides is 2. The number of urea groups is 1. The van der Waals surface area contributed by atoms with E-state index in [9.17, 15) is 14.9 Å². The van der Waals surface area contributed by atoms with Crippen molar-refractivity contribution >= 4 is 17.4 Å². The number of carbonyl (C=O) groups is 1. The Morgan fingerprint density at radius 1 is 1.32 bits per heavy atom. The van der Waals surface area contributed by atoms with Crippen LogP contribution in [0.15, 0.2) is 42.6 Å². The molecule has 114 valence electrons. The standard InChI is InChI=1S/C15H16N4O3/c1-11-10-13(19(21)22)5-6-14(11)18-15(20)17-9-7-12-4-2-3-8-16-12/h2-6,8,10H,7,9H2,1H3,(H2,17,18,20). The lowest BCUT2D eigenvalue weighted by atomic mass is 10.2. The summed E-state index contributed by atoms with van der Waals surface area (Å²) in [6.07, 6.45) is 2.34. The van der Waals surface area contributed by atoms with E-state index in [1.54, 1.807) is 13.1 Å². The average Bonchev–Trinajstić information content (AvgIpc) is 2.50. The van der Waals surface area contributed by atoms with Gasteiger partial charge in [-0.3, -0.25) is 15.1 Å². The predicted octanol–water partition coefficient (Wildman–Crippen LogP) is 2.66. The highest BCUT2D eigenvalue weighted by Gasteiger charge is 2.09. The van der Waals surface area contributed by atoms with Crippen molar-refractivity contribution in [3.05, 3.63) is 64.0 Å². The Hall–Kier alpha value is -2.96. The van der Waals surface area contributed by atoms with Crippen LogP contribution in [-0.4, -0.2) is 22.5 Å². The van der Waals surface area contributed by atoms with Crippen LogP contribution in [0.5, 0.6) is 0 Å². The second-order valence-corrected chi connectivity index (χ2v) is 4.71. The highest BCUT2D eigenvalue weighted by Crippen LogP contribution is 2.20. The third-order valence-electron chi connectivity index (χ3n) is 3.06. The van der Waals surface area contributed by atoms with E-state index >= 15 is 0 Å². The monoisotopic (exact) mass is 300 g/mol. The second kappa shape index (κ2) is 7.16. The van der Waals surface area contributed by atoms with E-state index in [1.165, 1.54) is 18.2 Å². The number of anilines is 1. The van der Waals surface area contributed by atoms with Crippen LogP contribution in [0, 0.1) is 17.0 Å². The summed E-state index contributed by atoms with van der Waals surface area (Å²) in [5.74, 6) is 0. The van der Waals surface area contributed by atoms with E-state index in [0.29, 0.717) is 24.2 Å². The number of nitrogens with zero attached hydrogens (tertiary/aromatic N) is 2. The largest absolute Gasteiger partial charge is 0.337 e. The highest BCUT2D eigenvalue weighted by atomic mass is 16.6. The van der Waals surface area contributed by atoms with Gasteiger partial charge in [0.15, 0.2) is 0 Å². The molecule has 2 rings (SSSR count). The van der Waals surface area contributed by atoms with E-state index in [0.717, 1.165) is 5.69 Å².